The lowest BCUT2D eigenvalue weighted by molar-refractivity contribution is -0.132. The van der Waals surface area contributed by atoms with Crippen molar-refractivity contribution in [3.8, 4) is 11.1 Å². The Bertz CT molecular complexity index is 1530. The minimum Gasteiger partial charge on any atom is -0.394 e. The molecular weight excluding hydrogens is 514 g/mol. The molecule has 41 heavy (non-hydrogen) atoms. The Morgan fingerprint density at radius 2 is 1.73 bits per heavy atom. The van der Waals surface area contributed by atoms with E-state index in [1.165, 1.54) is 0 Å². The van der Waals surface area contributed by atoms with Gasteiger partial charge in [-0.1, -0.05) is 79.7 Å². The fourth-order valence-electron chi connectivity index (χ4n) is 5.80. The number of aryl methyl sites for hydroxylation is 1. The minimum absolute atomic E-state index is 0.0113. The van der Waals surface area contributed by atoms with Crippen LogP contribution in [0.2, 0.25) is 0 Å². The van der Waals surface area contributed by atoms with Crippen LogP contribution in [0.5, 0.6) is 0 Å². The zero-order chi connectivity index (χ0) is 29.1. The van der Waals surface area contributed by atoms with Crippen LogP contribution < -0.4 is 0 Å². The second kappa shape index (κ2) is 12.3. The number of carbonyl (C=O) groups excluding carboxylic acids is 2. The number of amides is 2. The summed E-state index contributed by atoms with van der Waals surface area (Å²) in [7, 11) is 3.74. The van der Waals surface area contributed by atoms with Crippen molar-refractivity contribution >= 4 is 22.7 Å². The van der Waals surface area contributed by atoms with Crippen molar-refractivity contribution in [2.24, 2.45) is 13.0 Å². The Kier molecular flexibility index (Phi) is 8.57. The summed E-state index contributed by atoms with van der Waals surface area (Å²) in [5, 5.41) is 11.2. The van der Waals surface area contributed by atoms with Crippen LogP contribution in [0.25, 0.3) is 22.0 Å². The first-order valence-corrected chi connectivity index (χ1v) is 14.3. The van der Waals surface area contributed by atoms with Gasteiger partial charge in [0.1, 0.15) is 5.69 Å². The summed E-state index contributed by atoms with van der Waals surface area (Å²) in [6.45, 7) is 4.87. The van der Waals surface area contributed by atoms with E-state index in [-0.39, 0.29) is 30.4 Å². The van der Waals surface area contributed by atoms with Crippen LogP contribution in [-0.2, 0) is 29.6 Å². The third-order valence-electron chi connectivity index (χ3n) is 8.30. The van der Waals surface area contributed by atoms with E-state index in [4.69, 9.17) is 4.74 Å². The molecule has 4 aromatic rings. The largest absolute Gasteiger partial charge is 0.394 e. The Hall–Kier alpha value is -3.94. The summed E-state index contributed by atoms with van der Waals surface area (Å²) in [4.78, 5) is 31.1. The fourth-order valence-corrected chi connectivity index (χ4v) is 5.80. The second-order valence-electron chi connectivity index (χ2n) is 11.2. The maximum atomic E-state index is 14.4. The zero-order valence-corrected chi connectivity index (χ0v) is 24.3. The molecule has 1 aliphatic heterocycles. The molecule has 5 rings (SSSR count). The van der Waals surface area contributed by atoms with Crippen molar-refractivity contribution in [1.82, 2.24) is 14.4 Å². The summed E-state index contributed by atoms with van der Waals surface area (Å²) in [6, 6.07) is 25.4. The Morgan fingerprint density at radius 3 is 2.49 bits per heavy atom. The normalized spacial score (nSPS) is 18.4. The third-order valence-corrected chi connectivity index (χ3v) is 8.30. The highest BCUT2D eigenvalue weighted by atomic mass is 16.5. The number of para-hydroxylation sites is 1. The molecule has 0 bridgehead atoms. The first-order chi connectivity index (χ1) is 19.8. The van der Waals surface area contributed by atoms with Crippen LogP contribution in [0.1, 0.15) is 35.5 Å². The van der Waals surface area contributed by atoms with Gasteiger partial charge in [0, 0.05) is 49.6 Å². The number of ether oxygens (including phenoxy) is 1. The van der Waals surface area contributed by atoms with Gasteiger partial charge in [0.15, 0.2) is 0 Å². The number of hydrogen-bond acceptors (Lipinski definition) is 4. The molecule has 7 nitrogen and oxygen atoms in total. The smallest absolute Gasteiger partial charge is 0.271 e. The summed E-state index contributed by atoms with van der Waals surface area (Å²) < 4.78 is 8.58. The quantitative estimate of drug-likeness (QED) is 0.369. The molecule has 0 saturated carbocycles. The predicted octanol–water partition coefficient (Wildman–Crippen LogP) is 4.90. The molecule has 0 saturated heterocycles. The lowest BCUT2D eigenvalue weighted by Gasteiger charge is -2.35. The Balaban J connectivity index is 1.55. The van der Waals surface area contributed by atoms with Gasteiger partial charge in [0.2, 0.25) is 5.91 Å². The molecule has 1 aromatic heterocycles. The number of likely N-dealkylation sites (N-methyl/N-ethyl adjacent to an activating group) is 1. The van der Waals surface area contributed by atoms with E-state index < -0.39 is 6.04 Å². The number of fused-ring (bicyclic) bond motifs is 5. The van der Waals surface area contributed by atoms with Crippen molar-refractivity contribution in [3.63, 3.8) is 0 Å². The van der Waals surface area contributed by atoms with Crippen molar-refractivity contribution < 1.29 is 19.4 Å². The number of hydrogen-bond donors (Lipinski definition) is 1. The Labute approximate surface area is 242 Å². The Morgan fingerprint density at radius 1 is 1.05 bits per heavy atom. The number of aliphatic hydroxyl groups is 1. The third kappa shape index (κ3) is 5.78. The first kappa shape index (κ1) is 28.6. The van der Waals surface area contributed by atoms with Crippen LogP contribution in [0, 0.1) is 5.92 Å². The van der Waals surface area contributed by atoms with Crippen molar-refractivity contribution in [2.45, 2.75) is 39.0 Å². The number of rotatable bonds is 6. The van der Waals surface area contributed by atoms with Gasteiger partial charge in [-0.2, -0.15) is 0 Å². The summed E-state index contributed by atoms with van der Waals surface area (Å²) in [6.07, 6.45) is -0.0116. The molecule has 2 amide bonds. The summed E-state index contributed by atoms with van der Waals surface area (Å²) in [5.41, 5.74) is 5.35. The maximum absolute atomic E-state index is 14.4. The van der Waals surface area contributed by atoms with Crippen molar-refractivity contribution in [1.29, 1.82) is 0 Å². The number of aliphatic hydroxyl groups excluding tert-OH is 1. The van der Waals surface area contributed by atoms with Gasteiger partial charge in [0.25, 0.3) is 5.91 Å². The van der Waals surface area contributed by atoms with E-state index in [1.54, 1.807) is 9.80 Å². The van der Waals surface area contributed by atoms with Gasteiger partial charge in [-0.05, 0) is 29.7 Å². The van der Waals surface area contributed by atoms with Crippen LogP contribution in [0.3, 0.4) is 0 Å². The lowest BCUT2D eigenvalue weighted by Crippen LogP contribution is -2.48. The molecule has 2 heterocycles. The fraction of sp³-hybridized carbons (Fsp3) is 0.353. The topological polar surface area (TPSA) is 75.0 Å². The minimum atomic E-state index is -0.398. The van der Waals surface area contributed by atoms with Gasteiger partial charge < -0.3 is 24.2 Å². The van der Waals surface area contributed by atoms with Gasteiger partial charge in [-0.25, -0.2) is 0 Å². The van der Waals surface area contributed by atoms with Gasteiger partial charge in [-0.15, -0.1) is 0 Å². The van der Waals surface area contributed by atoms with Gasteiger partial charge in [-0.3, -0.25) is 9.59 Å². The van der Waals surface area contributed by atoms with Gasteiger partial charge in [0.05, 0.1) is 31.8 Å². The summed E-state index contributed by atoms with van der Waals surface area (Å²) in [5.74, 6) is -0.225. The lowest BCUT2D eigenvalue weighted by atomic mass is 9.96. The molecule has 1 N–H and O–H groups in total. The van der Waals surface area contributed by atoms with E-state index >= 15 is 0 Å². The summed E-state index contributed by atoms with van der Waals surface area (Å²) >= 11 is 0. The van der Waals surface area contributed by atoms with Crippen molar-refractivity contribution in [3.05, 3.63) is 95.7 Å². The molecule has 0 spiro atoms. The van der Waals surface area contributed by atoms with E-state index in [1.807, 2.05) is 98.4 Å². The average Bonchev–Trinajstić information content (AvgIpc) is 3.28. The molecule has 3 atom stereocenters. The monoisotopic (exact) mass is 553 g/mol. The standard InChI is InChI=1S/C34H39N3O4/c1-23-19-37(24(2)21-38)34(40)33-32(28-16-10-11-17-29(28)36(33)4)27-15-9-8-14-26(27)22-41-30(23)20-35(3)31(39)18-25-12-6-5-7-13-25/h5-17,23-24,30,38H,18-22H2,1-4H3/t23-,24+,30+/m1/s1. The molecule has 7 heteroatoms. The second-order valence-corrected chi connectivity index (χ2v) is 11.2. The highest BCUT2D eigenvalue weighted by Crippen LogP contribution is 2.38. The molecule has 0 aliphatic carbocycles. The maximum Gasteiger partial charge on any atom is 0.271 e. The van der Waals surface area contributed by atoms with E-state index in [0.29, 0.717) is 31.8 Å². The first-order valence-electron chi connectivity index (χ1n) is 14.3. The molecule has 0 unspecified atom stereocenters. The molecule has 214 valence electrons. The molecule has 1 aliphatic rings. The molecule has 0 fully saturated rings. The number of benzene rings is 3. The van der Waals surface area contributed by atoms with E-state index in [2.05, 4.69) is 13.0 Å². The van der Waals surface area contributed by atoms with Crippen LogP contribution in [0.4, 0.5) is 0 Å². The van der Waals surface area contributed by atoms with Crippen LogP contribution in [-0.4, -0.2) is 70.2 Å². The van der Waals surface area contributed by atoms with Crippen LogP contribution in [0.15, 0.2) is 78.9 Å². The number of nitrogens with zero attached hydrogens (tertiary/aromatic N) is 3. The zero-order valence-electron chi connectivity index (χ0n) is 24.3. The predicted molar refractivity (Wildman–Crippen MR) is 161 cm³/mol. The SMILES string of the molecule is C[C@@H]1CN([C@@H](C)CO)C(=O)c2c(c3ccccc3n2C)-c2ccccc2CO[C@H]1CN(C)C(=O)Cc1ccccc1. The van der Waals surface area contributed by atoms with Crippen LogP contribution >= 0.6 is 0 Å². The number of aromatic nitrogens is 1. The highest BCUT2D eigenvalue weighted by molar-refractivity contribution is 6.10. The molecular formula is C34H39N3O4. The van der Waals surface area contributed by atoms with E-state index in [0.717, 1.165) is 33.2 Å². The van der Waals surface area contributed by atoms with E-state index in [9.17, 15) is 14.7 Å². The number of carbonyl (C=O) groups is 2. The molecule has 3 aromatic carbocycles. The average molecular weight is 554 g/mol. The van der Waals surface area contributed by atoms with Gasteiger partial charge >= 0.3 is 0 Å². The highest BCUT2D eigenvalue weighted by Gasteiger charge is 2.33. The van der Waals surface area contributed by atoms with Crippen molar-refractivity contribution in [2.75, 3.05) is 26.7 Å². The molecule has 0 radical (unpaired) electrons.